The SMILES string of the molecule is O=C(O)[C@@H]1CN(c2nc(C(F)(F)F)ns2)C[C@H]1C(F)(F)F. The maximum Gasteiger partial charge on any atom is 0.452 e. The minimum absolute atomic E-state index is 0.285. The van der Waals surface area contributed by atoms with Crippen molar-refractivity contribution in [3.8, 4) is 0 Å². The Morgan fingerprint density at radius 3 is 2.24 bits per heavy atom. The maximum atomic E-state index is 12.8. The van der Waals surface area contributed by atoms with Gasteiger partial charge in [0.05, 0.1) is 11.8 Å². The predicted molar refractivity (Wildman–Crippen MR) is 57.8 cm³/mol. The summed E-state index contributed by atoms with van der Waals surface area (Å²) in [7, 11) is 0. The van der Waals surface area contributed by atoms with Gasteiger partial charge in [-0.05, 0) is 0 Å². The Hall–Kier alpha value is -1.59. The van der Waals surface area contributed by atoms with E-state index >= 15 is 0 Å². The second kappa shape index (κ2) is 5.00. The van der Waals surface area contributed by atoms with Gasteiger partial charge in [0, 0.05) is 24.6 Å². The van der Waals surface area contributed by atoms with Gasteiger partial charge in [0.15, 0.2) is 0 Å². The molecule has 0 amide bonds. The highest BCUT2D eigenvalue weighted by atomic mass is 32.1. The third-order valence-electron chi connectivity index (χ3n) is 3.00. The molecule has 0 radical (unpaired) electrons. The monoisotopic (exact) mass is 335 g/mol. The van der Waals surface area contributed by atoms with E-state index in [-0.39, 0.29) is 16.7 Å². The largest absolute Gasteiger partial charge is 0.481 e. The Balaban J connectivity index is 2.23. The minimum Gasteiger partial charge on any atom is -0.481 e. The first-order valence-corrected chi connectivity index (χ1v) is 6.23. The molecule has 2 atom stereocenters. The molecular weight excluding hydrogens is 328 g/mol. The lowest BCUT2D eigenvalue weighted by atomic mass is 9.96. The highest BCUT2D eigenvalue weighted by Gasteiger charge is 2.53. The van der Waals surface area contributed by atoms with Gasteiger partial charge in [-0.2, -0.15) is 35.7 Å². The molecule has 1 aromatic heterocycles. The molecule has 0 bridgehead atoms. The number of carbonyl (C=O) groups is 1. The summed E-state index contributed by atoms with van der Waals surface area (Å²) in [6.45, 7) is -1.32. The molecule has 0 aliphatic carbocycles. The van der Waals surface area contributed by atoms with Crippen molar-refractivity contribution < 1.29 is 36.2 Å². The second-order valence-electron chi connectivity index (χ2n) is 4.40. The van der Waals surface area contributed by atoms with E-state index in [1.807, 2.05) is 0 Å². The standard InChI is InChI=1S/C9H7F6N3O2S/c10-8(11,12)4-2-18(1-3(4)5(19)20)7-16-6(17-21-7)9(13,14)15/h3-4H,1-2H2,(H,19,20)/t3-,4-/m1/s1. The molecule has 0 saturated carbocycles. The van der Waals surface area contributed by atoms with Crippen molar-refractivity contribution >= 4 is 22.6 Å². The zero-order valence-electron chi connectivity index (χ0n) is 9.94. The van der Waals surface area contributed by atoms with Crippen molar-refractivity contribution in [2.24, 2.45) is 11.8 Å². The highest BCUT2D eigenvalue weighted by Crippen LogP contribution is 2.40. The molecule has 2 rings (SSSR count). The van der Waals surface area contributed by atoms with E-state index in [9.17, 15) is 31.1 Å². The van der Waals surface area contributed by atoms with Crippen LogP contribution in [-0.2, 0) is 11.0 Å². The third kappa shape index (κ3) is 3.19. The van der Waals surface area contributed by atoms with Gasteiger partial charge in [-0.3, -0.25) is 4.79 Å². The van der Waals surface area contributed by atoms with E-state index in [0.717, 1.165) is 4.90 Å². The molecule has 1 N–H and O–H groups in total. The molecule has 21 heavy (non-hydrogen) atoms. The Morgan fingerprint density at radius 2 is 1.86 bits per heavy atom. The van der Waals surface area contributed by atoms with E-state index in [2.05, 4.69) is 9.36 Å². The fourth-order valence-corrected chi connectivity index (χ4v) is 2.71. The topological polar surface area (TPSA) is 66.3 Å². The first-order chi connectivity index (χ1) is 9.50. The molecule has 1 fully saturated rings. The Bertz CT molecular complexity index is 542. The molecule has 0 unspecified atom stereocenters. The van der Waals surface area contributed by atoms with Crippen molar-refractivity contribution in [2.45, 2.75) is 12.4 Å². The molecule has 1 saturated heterocycles. The first-order valence-electron chi connectivity index (χ1n) is 5.45. The summed E-state index contributed by atoms with van der Waals surface area (Å²) in [5, 5.41) is 8.43. The quantitative estimate of drug-likeness (QED) is 0.840. The molecule has 2 heterocycles. The number of rotatable bonds is 2. The Morgan fingerprint density at radius 1 is 1.24 bits per heavy atom. The molecule has 1 aliphatic heterocycles. The summed E-state index contributed by atoms with van der Waals surface area (Å²) >= 11 is 0.285. The number of hydrogen-bond acceptors (Lipinski definition) is 5. The number of nitrogens with zero attached hydrogens (tertiary/aromatic N) is 3. The highest BCUT2D eigenvalue weighted by molar-refractivity contribution is 7.09. The number of aromatic nitrogens is 2. The van der Waals surface area contributed by atoms with E-state index < -0.39 is 49.1 Å². The number of hydrogen-bond donors (Lipinski definition) is 1. The van der Waals surface area contributed by atoms with Gasteiger partial charge in [-0.25, -0.2) is 0 Å². The first kappa shape index (κ1) is 15.8. The van der Waals surface area contributed by atoms with Crippen molar-refractivity contribution in [3.63, 3.8) is 0 Å². The number of anilines is 1. The molecule has 0 aromatic carbocycles. The van der Waals surface area contributed by atoms with Crippen LogP contribution in [0.15, 0.2) is 0 Å². The summed E-state index contributed by atoms with van der Waals surface area (Å²) in [6.07, 6.45) is -9.56. The van der Waals surface area contributed by atoms with Crippen LogP contribution in [0.5, 0.6) is 0 Å². The molecule has 12 heteroatoms. The van der Waals surface area contributed by atoms with E-state index in [1.54, 1.807) is 0 Å². The molecule has 118 valence electrons. The van der Waals surface area contributed by atoms with Crippen molar-refractivity contribution in [2.75, 3.05) is 18.0 Å². The van der Waals surface area contributed by atoms with Crippen LogP contribution in [0.1, 0.15) is 5.82 Å². The van der Waals surface area contributed by atoms with Crippen molar-refractivity contribution in [1.29, 1.82) is 0 Å². The Kier molecular flexibility index (Phi) is 3.76. The van der Waals surface area contributed by atoms with Gasteiger partial charge < -0.3 is 10.0 Å². The molecular formula is C9H7F6N3O2S. The predicted octanol–water partition coefficient (Wildman–Crippen LogP) is 2.26. The Labute approximate surface area is 117 Å². The summed E-state index contributed by atoms with van der Waals surface area (Å²) in [4.78, 5) is 14.8. The fraction of sp³-hybridized carbons (Fsp3) is 0.667. The molecule has 5 nitrogen and oxygen atoms in total. The van der Waals surface area contributed by atoms with Crippen LogP contribution >= 0.6 is 11.5 Å². The number of carboxylic acids is 1. The number of aliphatic carboxylic acids is 1. The van der Waals surface area contributed by atoms with E-state index in [0.29, 0.717) is 0 Å². The lowest BCUT2D eigenvalue weighted by Crippen LogP contribution is -2.33. The van der Waals surface area contributed by atoms with Gasteiger partial charge in [0.2, 0.25) is 11.0 Å². The fourth-order valence-electron chi connectivity index (χ4n) is 2.00. The normalized spacial score (nSPS) is 23.6. The number of carboxylic acid groups (broad SMARTS) is 1. The van der Waals surface area contributed by atoms with Gasteiger partial charge in [-0.1, -0.05) is 0 Å². The number of alkyl halides is 6. The summed E-state index contributed by atoms with van der Waals surface area (Å²) < 4.78 is 78.3. The average Bonchev–Trinajstić information content (AvgIpc) is 2.93. The van der Waals surface area contributed by atoms with Gasteiger partial charge in [-0.15, -0.1) is 0 Å². The van der Waals surface area contributed by atoms with E-state index in [4.69, 9.17) is 5.11 Å². The van der Waals surface area contributed by atoms with Crippen molar-refractivity contribution in [3.05, 3.63) is 5.82 Å². The lowest BCUT2D eigenvalue weighted by molar-refractivity contribution is -0.187. The van der Waals surface area contributed by atoms with Gasteiger partial charge in [0.25, 0.3) is 0 Å². The number of halogens is 6. The van der Waals surface area contributed by atoms with E-state index in [1.165, 1.54) is 0 Å². The maximum absolute atomic E-state index is 12.8. The van der Waals surface area contributed by atoms with Crippen molar-refractivity contribution in [1.82, 2.24) is 9.36 Å². The molecule has 0 spiro atoms. The zero-order chi connectivity index (χ0) is 16.0. The van der Waals surface area contributed by atoms with Crippen LogP contribution in [0.25, 0.3) is 0 Å². The second-order valence-corrected chi connectivity index (χ2v) is 5.13. The van der Waals surface area contributed by atoms with Crippen LogP contribution in [0.3, 0.4) is 0 Å². The van der Waals surface area contributed by atoms with Crippen LogP contribution in [0.2, 0.25) is 0 Å². The van der Waals surface area contributed by atoms with Gasteiger partial charge in [0.1, 0.15) is 0 Å². The summed E-state index contributed by atoms with van der Waals surface area (Å²) in [6, 6.07) is 0. The van der Waals surface area contributed by atoms with Crippen LogP contribution in [-0.4, -0.2) is 39.7 Å². The zero-order valence-corrected chi connectivity index (χ0v) is 10.8. The molecule has 1 aromatic rings. The van der Waals surface area contributed by atoms with Crippen LogP contribution in [0, 0.1) is 11.8 Å². The van der Waals surface area contributed by atoms with Gasteiger partial charge >= 0.3 is 18.3 Å². The van der Waals surface area contributed by atoms with Crippen LogP contribution < -0.4 is 4.90 Å². The third-order valence-corrected chi connectivity index (χ3v) is 3.77. The minimum atomic E-state index is -4.80. The molecule has 1 aliphatic rings. The smallest absolute Gasteiger partial charge is 0.452 e. The summed E-state index contributed by atoms with van der Waals surface area (Å²) in [5.41, 5.74) is 0. The van der Waals surface area contributed by atoms with Crippen LogP contribution in [0.4, 0.5) is 31.5 Å². The lowest BCUT2D eigenvalue weighted by Gasteiger charge is -2.17. The summed E-state index contributed by atoms with van der Waals surface area (Å²) in [5.74, 6) is -7.01. The average molecular weight is 335 g/mol.